The summed E-state index contributed by atoms with van der Waals surface area (Å²) in [5, 5.41) is 8.20. The molecule has 1 aromatic heterocycles. The first kappa shape index (κ1) is 14.0. The molecule has 0 radical (unpaired) electrons. The Balaban J connectivity index is 2.01. The van der Waals surface area contributed by atoms with Crippen LogP contribution in [0.2, 0.25) is 0 Å². The minimum Gasteiger partial charge on any atom is -0.435 e. The van der Waals surface area contributed by atoms with Crippen molar-refractivity contribution in [2.24, 2.45) is 0 Å². The van der Waals surface area contributed by atoms with Crippen LogP contribution in [0.5, 0.6) is 5.75 Å². The molecule has 1 atom stereocenters. The number of nitrogen functional groups attached to an aromatic ring is 1. The molecule has 0 aliphatic rings. The molecule has 0 aliphatic heterocycles. The third kappa shape index (κ3) is 4.03. The first-order valence-electron chi connectivity index (χ1n) is 5.35. The minimum atomic E-state index is -2.80. The van der Waals surface area contributed by atoms with E-state index in [4.69, 9.17) is 5.73 Å². The Morgan fingerprint density at radius 2 is 1.95 bits per heavy atom. The molecule has 2 N–H and O–H groups in total. The van der Waals surface area contributed by atoms with Crippen molar-refractivity contribution in [2.45, 2.75) is 23.1 Å². The summed E-state index contributed by atoms with van der Waals surface area (Å²) in [4.78, 5) is 0. The molecule has 0 spiro atoms. The average molecular weight is 303 g/mol. The number of benzene rings is 1. The van der Waals surface area contributed by atoms with Crippen molar-refractivity contribution in [1.29, 1.82) is 0 Å². The second-order valence-electron chi connectivity index (χ2n) is 3.61. The molecule has 102 valence electrons. The number of rotatable bonds is 5. The van der Waals surface area contributed by atoms with Gasteiger partial charge in [-0.1, -0.05) is 35.2 Å². The van der Waals surface area contributed by atoms with Gasteiger partial charge in [-0.15, -0.1) is 10.2 Å². The Hall–Kier alpha value is -1.41. The van der Waals surface area contributed by atoms with Gasteiger partial charge in [-0.2, -0.15) is 8.78 Å². The van der Waals surface area contributed by atoms with Crippen LogP contribution in [0.25, 0.3) is 0 Å². The van der Waals surface area contributed by atoms with Gasteiger partial charge in [0.1, 0.15) is 5.75 Å². The molecule has 0 aliphatic carbocycles. The number of thioether (sulfide) groups is 1. The lowest BCUT2D eigenvalue weighted by atomic mass is 10.2. The predicted octanol–water partition coefficient (Wildman–Crippen LogP) is 3.58. The molecule has 4 nitrogen and oxygen atoms in total. The lowest BCUT2D eigenvalue weighted by Gasteiger charge is -2.10. The molecule has 0 saturated heterocycles. The van der Waals surface area contributed by atoms with Gasteiger partial charge in [-0.05, 0) is 24.6 Å². The van der Waals surface area contributed by atoms with Crippen molar-refractivity contribution in [2.75, 3.05) is 5.73 Å². The molecule has 0 saturated carbocycles. The molecule has 2 aromatic rings. The maximum atomic E-state index is 12.0. The third-order valence-electron chi connectivity index (χ3n) is 2.27. The summed E-state index contributed by atoms with van der Waals surface area (Å²) in [5.74, 6) is 0.149. The number of anilines is 1. The van der Waals surface area contributed by atoms with Crippen LogP contribution in [0.15, 0.2) is 28.6 Å². The van der Waals surface area contributed by atoms with Gasteiger partial charge >= 0.3 is 6.61 Å². The fourth-order valence-electron chi connectivity index (χ4n) is 1.41. The number of aromatic nitrogens is 2. The van der Waals surface area contributed by atoms with E-state index < -0.39 is 6.61 Å². The molecule has 1 heterocycles. The first-order valence-corrected chi connectivity index (χ1v) is 7.04. The summed E-state index contributed by atoms with van der Waals surface area (Å²) >= 11 is 2.83. The number of alkyl halides is 2. The van der Waals surface area contributed by atoms with E-state index in [2.05, 4.69) is 14.9 Å². The van der Waals surface area contributed by atoms with Gasteiger partial charge in [-0.25, -0.2) is 0 Å². The van der Waals surface area contributed by atoms with E-state index in [-0.39, 0.29) is 11.0 Å². The Bertz CT molecular complexity index is 533. The highest BCUT2D eigenvalue weighted by Gasteiger charge is 2.11. The van der Waals surface area contributed by atoms with E-state index in [1.165, 1.54) is 35.2 Å². The number of nitrogens with zero attached hydrogens (tertiary/aromatic N) is 2. The maximum Gasteiger partial charge on any atom is 0.387 e. The Morgan fingerprint density at radius 3 is 2.47 bits per heavy atom. The van der Waals surface area contributed by atoms with Crippen LogP contribution in [0, 0.1) is 0 Å². The van der Waals surface area contributed by atoms with Gasteiger partial charge in [0, 0.05) is 5.25 Å². The van der Waals surface area contributed by atoms with Crippen LogP contribution >= 0.6 is 23.1 Å². The van der Waals surface area contributed by atoms with E-state index in [1.807, 2.05) is 6.92 Å². The van der Waals surface area contributed by atoms with Crippen molar-refractivity contribution in [1.82, 2.24) is 10.2 Å². The van der Waals surface area contributed by atoms with Crippen molar-refractivity contribution < 1.29 is 13.5 Å². The van der Waals surface area contributed by atoms with Gasteiger partial charge < -0.3 is 10.5 Å². The molecule has 19 heavy (non-hydrogen) atoms. The second-order valence-corrected chi connectivity index (χ2v) is 6.21. The summed E-state index contributed by atoms with van der Waals surface area (Å²) < 4.78 is 29.1. The number of ether oxygens (including phenoxy) is 1. The van der Waals surface area contributed by atoms with Crippen LogP contribution in [0.4, 0.5) is 13.9 Å². The second kappa shape index (κ2) is 6.16. The minimum absolute atomic E-state index is 0.118. The highest BCUT2D eigenvalue weighted by Crippen LogP contribution is 2.37. The summed E-state index contributed by atoms with van der Waals surface area (Å²) in [6.07, 6.45) is 0. The molecule has 2 rings (SSSR count). The molecular formula is C11H11F2N3OS2. The van der Waals surface area contributed by atoms with Crippen LogP contribution < -0.4 is 10.5 Å². The van der Waals surface area contributed by atoms with Crippen LogP contribution in [0.3, 0.4) is 0 Å². The Kier molecular flexibility index (Phi) is 4.54. The summed E-state index contributed by atoms with van der Waals surface area (Å²) in [6, 6.07) is 6.54. The van der Waals surface area contributed by atoms with Gasteiger partial charge in [0.2, 0.25) is 5.13 Å². The monoisotopic (exact) mass is 303 g/mol. The third-order valence-corrected chi connectivity index (χ3v) is 4.27. The molecule has 1 unspecified atom stereocenters. The lowest BCUT2D eigenvalue weighted by molar-refractivity contribution is -0.0498. The van der Waals surface area contributed by atoms with E-state index >= 15 is 0 Å². The van der Waals surface area contributed by atoms with Crippen LogP contribution in [-0.4, -0.2) is 16.8 Å². The highest BCUT2D eigenvalue weighted by atomic mass is 32.2. The summed E-state index contributed by atoms with van der Waals surface area (Å²) in [7, 11) is 0. The lowest BCUT2D eigenvalue weighted by Crippen LogP contribution is -2.01. The largest absolute Gasteiger partial charge is 0.435 e. The average Bonchev–Trinajstić information content (AvgIpc) is 2.75. The molecule has 0 fully saturated rings. The van der Waals surface area contributed by atoms with Gasteiger partial charge in [0.25, 0.3) is 0 Å². The molecule has 0 amide bonds. The summed E-state index contributed by atoms with van der Waals surface area (Å²) in [6.45, 7) is -0.812. The van der Waals surface area contributed by atoms with Crippen molar-refractivity contribution in [3.63, 3.8) is 0 Å². The zero-order valence-corrected chi connectivity index (χ0v) is 11.5. The van der Waals surface area contributed by atoms with Crippen LogP contribution in [0.1, 0.15) is 17.7 Å². The molecule has 1 aromatic carbocycles. The fraction of sp³-hybridized carbons (Fsp3) is 0.273. The quantitative estimate of drug-likeness (QED) is 0.856. The smallest absolute Gasteiger partial charge is 0.387 e. The number of hydrogen-bond acceptors (Lipinski definition) is 6. The van der Waals surface area contributed by atoms with E-state index in [0.29, 0.717) is 5.13 Å². The van der Waals surface area contributed by atoms with E-state index in [1.54, 1.807) is 12.1 Å². The zero-order valence-electron chi connectivity index (χ0n) is 9.92. The number of halogens is 2. The van der Waals surface area contributed by atoms with Crippen molar-refractivity contribution in [3.8, 4) is 5.75 Å². The van der Waals surface area contributed by atoms with Crippen molar-refractivity contribution in [3.05, 3.63) is 29.8 Å². The standard InChI is InChI=1S/C11H11F2N3OS2/c1-6(18-11-16-15-10(14)19-11)7-2-4-8(5-3-7)17-9(12)13/h2-6,9H,1H3,(H2,14,15). The summed E-state index contributed by atoms with van der Waals surface area (Å²) in [5.41, 5.74) is 6.49. The van der Waals surface area contributed by atoms with Gasteiger partial charge in [0.05, 0.1) is 0 Å². The van der Waals surface area contributed by atoms with E-state index in [9.17, 15) is 8.78 Å². The SMILES string of the molecule is CC(Sc1nnc(N)s1)c1ccc(OC(F)F)cc1. The zero-order chi connectivity index (χ0) is 13.8. The normalized spacial score (nSPS) is 12.6. The first-order chi connectivity index (χ1) is 9.04. The van der Waals surface area contributed by atoms with Gasteiger partial charge in [-0.3, -0.25) is 0 Å². The molecule has 0 bridgehead atoms. The Labute approximate surface area is 117 Å². The fourth-order valence-corrected chi connectivity index (χ4v) is 3.32. The topological polar surface area (TPSA) is 61.0 Å². The van der Waals surface area contributed by atoms with Gasteiger partial charge in [0.15, 0.2) is 4.34 Å². The van der Waals surface area contributed by atoms with E-state index in [0.717, 1.165) is 9.90 Å². The van der Waals surface area contributed by atoms with Crippen molar-refractivity contribution >= 4 is 28.2 Å². The molecular weight excluding hydrogens is 292 g/mol. The van der Waals surface area contributed by atoms with Crippen LogP contribution in [-0.2, 0) is 0 Å². The number of hydrogen-bond donors (Lipinski definition) is 1. The predicted molar refractivity (Wildman–Crippen MR) is 71.7 cm³/mol. The number of nitrogens with two attached hydrogens (primary N) is 1. The maximum absolute atomic E-state index is 12.0. The Morgan fingerprint density at radius 1 is 1.26 bits per heavy atom. The molecule has 8 heteroatoms. The highest BCUT2D eigenvalue weighted by molar-refractivity contribution is 8.01.